The second-order valence-electron chi connectivity index (χ2n) is 10.4. The smallest absolute Gasteiger partial charge is 0.410 e. The third kappa shape index (κ3) is 6.58. The number of carbonyl (C=O) groups excluding carboxylic acids is 4. The van der Waals surface area contributed by atoms with Crippen LogP contribution in [0.2, 0.25) is 5.02 Å². The van der Waals surface area contributed by atoms with Crippen LogP contribution in [0.1, 0.15) is 29.3 Å². The van der Waals surface area contributed by atoms with Gasteiger partial charge in [0.15, 0.2) is 5.78 Å². The van der Waals surface area contributed by atoms with Gasteiger partial charge in [-0.1, -0.05) is 23.7 Å². The summed E-state index contributed by atoms with van der Waals surface area (Å²) in [5.41, 5.74) is 0.450. The van der Waals surface area contributed by atoms with E-state index in [1.807, 2.05) is 0 Å². The van der Waals surface area contributed by atoms with E-state index >= 15 is 0 Å². The molecule has 2 aliphatic heterocycles. The first-order chi connectivity index (χ1) is 21.0. The van der Waals surface area contributed by atoms with Crippen LogP contribution in [0.4, 0.5) is 18.0 Å². The molecule has 2 aliphatic rings. The third-order valence-corrected chi connectivity index (χ3v) is 7.86. The zero-order chi connectivity index (χ0) is 31.5. The molecule has 3 heterocycles. The molecule has 2 aromatic carbocycles. The van der Waals surface area contributed by atoms with Gasteiger partial charge in [0.1, 0.15) is 24.2 Å². The molecule has 2 saturated heterocycles. The van der Waals surface area contributed by atoms with Crippen molar-refractivity contribution in [3.8, 4) is 5.75 Å². The van der Waals surface area contributed by atoms with Gasteiger partial charge < -0.3 is 29.2 Å². The molecule has 1 N–H and O–H groups in total. The number of Topliss-reactive ketones (excluding diaryl/α,β-unsaturated/α-hetero) is 1. The summed E-state index contributed by atoms with van der Waals surface area (Å²) in [5, 5.41) is 2.80. The molecule has 1 unspecified atom stereocenters. The molecule has 0 bridgehead atoms. The van der Waals surface area contributed by atoms with Crippen molar-refractivity contribution >= 4 is 46.2 Å². The van der Waals surface area contributed by atoms with Crippen LogP contribution in [0.25, 0.3) is 10.9 Å². The van der Waals surface area contributed by atoms with Crippen molar-refractivity contribution in [2.45, 2.75) is 32.5 Å². The standard InChI is InChI=1S/C30H28ClF3N4O6/c1-17(39)22-15-37(24-6-5-20(12-21(22)24)44-30(42)36-7-9-43-10-8-36)16-26(40)38-14-19(28(33)34)11-25(38)29(41)35-13-18-3-2-4-23(31)27(18)32/h2-6,12,15,25H,7-11,13-14,16H2,1H3,(H,35,41). The number of halogens is 4. The fourth-order valence-corrected chi connectivity index (χ4v) is 5.44. The Hall–Kier alpha value is -4.36. The molecule has 14 heteroatoms. The largest absolute Gasteiger partial charge is 0.415 e. The lowest BCUT2D eigenvalue weighted by Gasteiger charge is -2.25. The summed E-state index contributed by atoms with van der Waals surface area (Å²) in [6.45, 7) is 1.81. The summed E-state index contributed by atoms with van der Waals surface area (Å²) >= 11 is 5.80. The van der Waals surface area contributed by atoms with E-state index in [4.69, 9.17) is 21.1 Å². The zero-order valence-corrected chi connectivity index (χ0v) is 24.3. The summed E-state index contributed by atoms with van der Waals surface area (Å²) < 4.78 is 53.7. The van der Waals surface area contributed by atoms with Crippen molar-refractivity contribution in [1.82, 2.24) is 19.7 Å². The Bertz CT molecular complexity index is 1670. The molecular formula is C30H28ClF3N4O6. The topological polar surface area (TPSA) is 110 Å². The van der Waals surface area contributed by atoms with E-state index in [0.29, 0.717) is 37.2 Å². The maximum Gasteiger partial charge on any atom is 0.415 e. The quantitative estimate of drug-likeness (QED) is 0.383. The van der Waals surface area contributed by atoms with Crippen LogP contribution in [0, 0.1) is 5.82 Å². The predicted octanol–water partition coefficient (Wildman–Crippen LogP) is 4.54. The fraction of sp³-hybridized carbons (Fsp3) is 0.333. The van der Waals surface area contributed by atoms with Gasteiger partial charge in [-0.05, 0) is 31.2 Å². The average Bonchev–Trinajstić information content (AvgIpc) is 3.61. The molecule has 5 rings (SSSR count). The van der Waals surface area contributed by atoms with Crippen LogP contribution >= 0.6 is 11.6 Å². The SMILES string of the molecule is CC(=O)c1cn(CC(=O)N2CC(=C(F)F)CC2C(=O)NCc2cccc(Cl)c2F)c2ccc(OC(=O)N3CCOCC3)cc12. The average molecular weight is 633 g/mol. The van der Waals surface area contributed by atoms with Crippen LogP contribution in [-0.4, -0.2) is 76.9 Å². The van der Waals surface area contributed by atoms with Crippen LogP contribution in [0.3, 0.4) is 0 Å². The van der Waals surface area contributed by atoms with E-state index < -0.39 is 42.4 Å². The number of ketones is 1. The first-order valence-electron chi connectivity index (χ1n) is 13.7. The lowest BCUT2D eigenvalue weighted by Crippen LogP contribution is -2.46. The second-order valence-corrected chi connectivity index (χ2v) is 10.8. The first kappa shape index (κ1) is 31.1. The molecule has 1 atom stereocenters. The van der Waals surface area contributed by atoms with Crippen LogP contribution < -0.4 is 10.1 Å². The summed E-state index contributed by atoms with van der Waals surface area (Å²) in [6, 6.07) is 7.63. The summed E-state index contributed by atoms with van der Waals surface area (Å²) in [7, 11) is 0. The minimum atomic E-state index is -1.98. The number of nitrogens with one attached hydrogen (secondary N) is 1. The molecule has 3 aromatic rings. The van der Waals surface area contributed by atoms with Gasteiger partial charge in [0.2, 0.25) is 11.8 Å². The van der Waals surface area contributed by atoms with Crippen LogP contribution in [0.5, 0.6) is 5.75 Å². The Morgan fingerprint density at radius 1 is 1.11 bits per heavy atom. The van der Waals surface area contributed by atoms with Gasteiger partial charge in [-0.25, -0.2) is 9.18 Å². The van der Waals surface area contributed by atoms with E-state index in [2.05, 4.69) is 5.32 Å². The molecule has 10 nitrogen and oxygen atoms in total. The molecule has 2 fully saturated rings. The number of morpholine rings is 1. The van der Waals surface area contributed by atoms with Gasteiger partial charge >= 0.3 is 6.09 Å². The number of benzene rings is 2. The molecular weight excluding hydrogens is 605 g/mol. The Morgan fingerprint density at radius 3 is 2.57 bits per heavy atom. The molecule has 0 spiro atoms. The molecule has 3 amide bonds. The van der Waals surface area contributed by atoms with E-state index in [1.54, 1.807) is 6.07 Å². The van der Waals surface area contributed by atoms with Crippen molar-refractivity contribution in [3.63, 3.8) is 0 Å². The number of hydrogen-bond donors (Lipinski definition) is 1. The highest BCUT2D eigenvalue weighted by molar-refractivity contribution is 6.30. The van der Waals surface area contributed by atoms with Crippen LogP contribution in [0.15, 0.2) is 54.2 Å². The van der Waals surface area contributed by atoms with Crippen molar-refractivity contribution in [3.05, 3.63) is 76.2 Å². The van der Waals surface area contributed by atoms with E-state index in [9.17, 15) is 32.3 Å². The minimum Gasteiger partial charge on any atom is -0.410 e. The number of fused-ring (bicyclic) bond motifs is 1. The number of hydrogen-bond acceptors (Lipinski definition) is 6. The molecule has 0 radical (unpaired) electrons. The van der Waals surface area contributed by atoms with Crippen molar-refractivity contribution in [1.29, 1.82) is 0 Å². The summed E-state index contributed by atoms with van der Waals surface area (Å²) in [4.78, 5) is 54.1. The van der Waals surface area contributed by atoms with E-state index in [0.717, 1.165) is 4.90 Å². The highest BCUT2D eigenvalue weighted by Gasteiger charge is 2.38. The van der Waals surface area contributed by atoms with Gasteiger partial charge in [0.25, 0.3) is 6.08 Å². The Kier molecular flexibility index (Phi) is 9.25. The monoisotopic (exact) mass is 632 g/mol. The number of amides is 3. The number of rotatable bonds is 7. The fourth-order valence-electron chi connectivity index (χ4n) is 5.24. The van der Waals surface area contributed by atoms with Gasteiger partial charge in [-0.15, -0.1) is 0 Å². The Labute approximate surface area is 254 Å². The number of likely N-dealkylation sites (tertiary alicyclic amines) is 1. The third-order valence-electron chi connectivity index (χ3n) is 7.56. The number of carbonyl (C=O) groups is 4. The van der Waals surface area contributed by atoms with Gasteiger partial charge in [0, 0.05) is 66.4 Å². The number of aromatic nitrogens is 1. The molecule has 232 valence electrons. The highest BCUT2D eigenvalue weighted by Crippen LogP contribution is 2.30. The minimum absolute atomic E-state index is 0.0970. The van der Waals surface area contributed by atoms with Gasteiger partial charge in [0.05, 0.1) is 18.2 Å². The highest BCUT2D eigenvalue weighted by atomic mass is 35.5. The molecule has 44 heavy (non-hydrogen) atoms. The first-order valence-corrected chi connectivity index (χ1v) is 14.1. The lowest BCUT2D eigenvalue weighted by molar-refractivity contribution is -0.138. The normalized spacial score (nSPS) is 16.8. The maximum absolute atomic E-state index is 14.3. The molecule has 0 aliphatic carbocycles. The number of ether oxygens (including phenoxy) is 2. The number of nitrogens with zero attached hydrogens (tertiary/aromatic N) is 3. The Balaban J connectivity index is 1.35. The van der Waals surface area contributed by atoms with Crippen molar-refractivity contribution in [2.75, 3.05) is 32.8 Å². The lowest BCUT2D eigenvalue weighted by atomic mass is 10.1. The van der Waals surface area contributed by atoms with E-state index in [1.165, 1.54) is 52.9 Å². The van der Waals surface area contributed by atoms with Crippen LogP contribution in [-0.2, 0) is 27.4 Å². The van der Waals surface area contributed by atoms with Gasteiger partial charge in [-0.2, -0.15) is 8.78 Å². The van der Waals surface area contributed by atoms with Crippen molar-refractivity contribution in [2.24, 2.45) is 0 Å². The summed E-state index contributed by atoms with van der Waals surface area (Å²) in [5.74, 6) is -2.22. The zero-order valence-electron chi connectivity index (χ0n) is 23.6. The predicted molar refractivity (Wildman–Crippen MR) is 153 cm³/mol. The Morgan fingerprint density at radius 2 is 1.86 bits per heavy atom. The van der Waals surface area contributed by atoms with E-state index in [-0.39, 0.29) is 52.8 Å². The second kappa shape index (κ2) is 13.1. The maximum atomic E-state index is 14.3. The molecule has 1 aromatic heterocycles. The summed E-state index contributed by atoms with van der Waals surface area (Å²) in [6.07, 6.45) is -1.48. The van der Waals surface area contributed by atoms with Crippen molar-refractivity contribution < 1.29 is 41.8 Å². The van der Waals surface area contributed by atoms with Gasteiger partial charge in [-0.3, -0.25) is 14.4 Å². The molecule has 0 saturated carbocycles.